The van der Waals surface area contributed by atoms with Gasteiger partial charge in [0, 0.05) is 49.1 Å². The fraction of sp³-hybridized carbons (Fsp3) is 0.440. The van der Waals surface area contributed by atoms with Crippen LogP contribution in [0.3, 0.4) is 0 Å². The monoisotopic (exact) mass is 461 g/mol. The molecule has 9 heteroatoms. The predicted molar refractivity (Wildman–Crippen MR) is 134 cm³/mol. The Morgan fingerprint density at radius 1 is 1.09 bits per heavy atom. The molecule has 2 saturated heterocycles. The minimum absolute atomic E-state index is 0.0462. The first-order chi connectivity index (χ1) is 16.4. The maximum absolute atomic E-state index is 12.4. The number of nitrogens with zero attached hydrogens (tertiary/aromatic N) is 6. The van der Waals surface area contributed by atoms with Crippen molar-refractivity contribution < 1.29 is 9.53 Å². The Balaban J connectivity index is 1.38. The second kappa shape index (κ2) is 9.06. The number of hydrogen-bond donors (Lipinski definition) is 1. The van der Waals surface area contributed by atoms with Crippen LogP contribution in [0.2, 0.25) is 0 Å². The molecule has 2 fully saturated rings. The first-order valence-electron chi connectivity index (χ1n) is 11.8. The summed E-state index contributed by atoms with van der Waals surface area (Å²) >= 11 is 0. The van der Waals surface area contributed by atoms with Crippen molar-refractivity contribution in [3.05, 3.63) is 42.1 Å². The number of pyridine rings is 1. The molecule has 34 heavy (non-hydrogen) atoms. The number of amides is 1. The van der Waals surface area contributed by atoms with E-state index in [2.05, 4.69) is 58.1 Å². The van der Waals surface area contributed by atoms with Gasteiger partial charge in [0.1, 0.15) is 12.4 Å². The molecule has 1 amide bonds. The van der Waals surface area contributed by atoms with Crippen LogP contribution in [0.4, 0.5) is 27.9 Å². The predicted octanol–water partition coefficient (Wildman–Crippen LogP) is 3.81. The zero-order valence-electron chi connectivity index (χ0n) is 20.2. The summed E-state index contributed by atoms with van der Waals surface area (Å²) in [6.45, 7) is 10.7. The number of rotatable bonds is 5. The van der Waals surface area contributed by atoms with E-state index < -0.39 is 0 Å². The number of carbonyl (C=O) groups excluding carboxylic acids is 1. The second-order valence-electron chi connectivity index (χ2n) is 9.45. The second-order valence-corrected chi connectivity index (χ2v) is 9.45. The first-order valence-corrected chi connectivity index (χ1v) is 11.8. The molecule has 4 heterocycles. The topological polar surface area (TPSA) is 86.7 Å². The van der Waals surface area contributed by atoms with Crippen LogP contribution in [0.5, 0.6) is 0 Å². The van der Waals surface area contributed by atoms with E-state index in [0.29, 0.717) is 24.0 Å². The zero-order valence-corrected chi connectivity index (χ0v) is 20.2. The van der Waals surface area contributed by atoms with E-state index in [-0.39, 0.29) is 18.1 Å². The fourth-order valence-electron chi connectivity index (χ4n) is 4.47. The van der Waals surface area contributed by atoms with Crippen molar-refractivity contribution in [2.75, 3.05) is 55.0 Å². The van der Waals surface area contributed by atoms with Crippen molar-refractivity contribution >= 4 is 40.3 Å². The lowest BCUT2D eigenvalue weighted by Crippen LogP contribution is -2.44. The zero-order chi connectivity index (χ0) is 23.8. The number of hydrogen-bond acceptors (Lipinski definition) is 8. The van der Waals surface area contributed by atoms with Crippen molar-refractivity contribution in [3.8, 4) is 0 Å². The van der Waals surface area contributed by atoms with E-state index in [4.69, 9.17) is 9.72 Å². The standard InChI is InChI=1S/C25H31N7O2/c1-16(2)21-15-34-25(33)32(21)22-13-17(3)20-14-26-24(29-23(20)28-22)27-18-5-7-19(8-6-18)31-11-9-30(4)10-12-31/h5-8,13-14,16,21H,9-12,15H2,1-4H3,(H,26,27,28,29)/t21-/m1/s1. The molecule has 1 aromatic carbocycles. The highest BCUT2D eigenvalue weighted by Crippen LogP contribution is 2.29. The molecule has 1 N–H and O–H groups in total. The van der Waals surface area contributed by atoms with Gasteiger partial charge in [-0.1, -0.05) is 13.8 Å². The lowest BCUT2D eigenvalue weighted by molar-refractivity contribution is 0.177. The Morgan fingerprint density at radius 2 is 1.82 bits per heavy atom. The Bertz CT molecular complexity index is 1190. The maximum atomic E-state index is 12.4. The molecule has 178 valence electrons. The van der Waals surface area contributed by atoms with Gasteiger partial charge >= 0.3 is 6.09 Å². The van der Waals surface area contributed by atoms with Crippen molar-refractivity contribution in [3.63, 3.8) is 0 Å². The summed E-state index contributed by atoms with van der Waals surface area (Å²) in [5, 5.41) is 4.14. The number of aryl methyl sites for hydroxylation is 1. The van der Waals surface area contributed by atoms with Crippen LogP contribution < -0.4 is 15.1 Å². The number of cyclic esters (lactones) is 1. The lowest BCUT2D eigenvalue weighted by atomic mass is 10.0. The Hall–Kier alpha value is -3.46. The molecular weight excluding hydrogens is 430 g/mol. The molecule has 2 aliphatic heterocycles. The van der Waals surface area contributed by atoms with Crippen molar-refractivity contribution in [1.29, 1.82) is 0 Å². The Labute approximate surface area is 199 Å². The average Bonchev–Trinajstić information content (AvgIpc) is 3.22. The third-order valence-electron chi connectivity index (χ3n) is 6.67. The average molecular weight is 462 g/mol. The molecular formula is C25H31N7O2. The van der Waals surface area contributed by atoms with Crippen LogP contribution in [0.1, 0.15) is 19.4 Å². The minimum Gasteiger partial charge on any atom is -0.447 e. The normalized spacial score (nSPS) is 19.2. The highest BCUT2D eigenvalue weighted by molar-refractivity contribution is 5.91. The van der Waals surface area contributed by atoms with Crippen molar-refractivity contribution in [2.45, 2.75) is 26.8 Å². The first kappa shape index (κ1) is 22.3. The fourth-order valence-corrected chi connectivity index (χ4v) is 4.47. The van der Waals surface area contributed by atoms with Gasteiger partial charge in [-0.3, -0.25) is 4.90 Å². The smallest absolute Gasteiger partial charge is 0.415 e. The van der Waals surface area contributed by atoms with Crippen LogP contribution in [-0.2, 0) is 4.74 Å². The van der Waals surface area contributed by atoms with E-state index in [0.717, 1.165) is 42.8 Å². The highest BCUT2D eigenvalue weighted by Gasteiger charge is 2.37. The number of aromatic nitrogens is 3. The third kappa shape index (κ3) is 4.35. The molecule has 0 radical (unpaired) electrons. The van der Waals surface area contributed by atoms with E-state index in [9.17, 15) is 4.79 Å². The molecule has 1 atom stereocenters. The van der Waals surface area contributed by atoms with Crippen molar-refractivity contribution in [1.82, 2.24) is 19.9 Å². The van der Waals surface area contributed by atoms with E-state index in [1.807, 2.05) is 25.1 Å². The summed E-state index contributed by atoms with van der Waals surface area (Å²) < 4.78 is 5.30. The number of carbonyl (C=O) groups is 1. The summed E-state index contributed by atoms with van der Waals surface area (Å²) in [5.74, 6) is 1.28. The lowest BCUT2D eigenvalue weighted by Gasteiger charge is -2.34. The van der Waals surface area contributed by atoms with Gasteiger partial charge in [0.2, 0.25) is 5.95 Å². The summed E-state index contributed by atoms with van der Waals surface area (Å²) in [5.41, 5.74) is 3.64. The molecule has 0 aliphatic carbocycles. The van der Waals surface area contributed by atoms with Gasteiger partial charge in [0.15, 0.2) is 5.65 Å². The van der Waals surface area contributed by atoms with Crippen LogP contribution in [0.25, 0.3) is 11.0 Å². The number of benzene rings is 1. The number of anilines is 4. The number of likely N-dealkylation sites (N-methyl/N-ethyl adjacent to an activating group) is 1. The number of nitrogens with one attached hydrogen (secondary N) is 1. The largest absolute Gasteiger partial charge is 0.447 e. The summed E-state index contributed by atoms with van der Waals surface area (Å²) in [7, 11) is 2.16. The van der Waals surface area contributed by atoms with Gasteiger partial charge in [0.05, 0.1) is 6.04 Å². The van der Waals surface area contributed by atoms with Crippen LogP contribution >= 0.6 is 0 Å². The van der Waals surface area contributed by atoms with Crippen LogP contribution in [-0.4, -0.2) is 71.8 Å². The molecule has 0 bridgehead atoms. The highest BCUT2D eigenvalue weighted by atomic mass is 16.6. The molecule has 0 saturated carbocycles. The molecule has 9 nitrogen and oxygen atoms in total. The molecule has 0 spiro atoms. The van der Waals surface area contributed by atoms with E-state index >= 15 is 0 Å². The van der Waals surface area contributed by atoms with Gasteiger partial charge in [0.25, 0.3) is 0 Å². The number of ether oxygens (including phenoxy) is 1. The SMILES string of the molecule is Cc1cc(N2C(=O)OC[C@@H]2C(C)C)nc2nc(Nc3ccc(N4CCN(C)CC4)cc3)ncc12. The number of piperazine rings is 1. The van der Waals surface area contributed by atoms with Gasteiger partial charge in [-0.05, 0) is 55.8 Å². The van der Waals surface area contributed by atoms with Gasteiger partial charge < -0.3 is 19.9 Å². The summed E-state index contributed by atoms with van der Waals surface area (Å²) in [6.07, 6.45) is 1.41. The van der Waals surface area contributed by atoms with Gasteiger partial charge in [-0.15, -0.1) is 0 Å². The molecule has 0 unspecified atom stereocenters. The van der Waals surface area contributed by atoms with E-state index in [1.54, 1.807) is 11.1 Å². The Morgan fingerprint density at radius 3 is 2.53 bits per heavy atom. The molecule has 3 aromatic rings. The summed E-state index contributed by atoms with van der Waals surface area (Å²) in [4.78, 5) is 32.7. The van der Waals surface area contributed by atoms with Gasteiger partial charge in [-0.2, -0.15) is 4.98 Å². The minimum atomic E-state index is -0.363. The van der Waals surface area contributed by atoms with Crippen LogP contribution in [0, 0.1) is 12.8 Å². The quantitative estimate of drug-likeness (QED) is 0.614. The van der Waals surface area contributed by atoms with E-state index in [1.165, 1.54) is 5.69 Å². The number of fused-ring (bicyclic) bond motifs is 1. The Kier molecular flexibility index (Phi) is 5.95. The van der Waals surface area contributed by atoms with Gasteiger partial charge in [-0.25, -0.2) is 14.8 Å². The molecule has 2 aliphatic rings. The molecule has 5 rings (SSSR count). The molecule has 2 aromatic heterocycles. The van der Waals surface area contributed by atoms with Crippen molar-refractivity contribution in [2.24, 2.45) is 5.92 Å². The van der Waals surface area contributed by atoms with Crippen LogP contribution in [0.15, 0.2) is 36.5 Å². The third-order valence-corrected chi connectivity index (χ3v) is 6.67. The summed E-state index contributed by atoms with van der Waals surface area (Å²) in [6, 6.07) is 10.2. The maximum Gasteiger partial charge on any atom is 0.415 e.